The summed E-state index contributed by atoms with van der Waals surface area (Å²) >= 11 is 0. The predicted octanol–water partition coefficient (Wildman–Crippen LogP) is 2.32. The molecule has 1 amide bonds. The number of hydrogen-bond donors (Lipinski definition) is 1. The molecule has 0 spiro atoms. The van der Waals surface area contributed by atoms with Crippen molar-refractivity contribution in [3.8, 4) is 0 Å². The fourth-order valence-electron chi connectivity index (χ4n) is 3.45. The highest BCUT2D eigenvalue weighted by Crippen LogP contribution is 2.44. The number of hydrogen-bond acceptors (Lipinski definition) is 5. The van der Waals surface area contributed by atoms with Crippen LogP contribution in [0.1, 0.15) is 40.8 Å². The Bertz CT molecular complexity index is 728. The van der Waals surface area contributed by atoms with Crippen LogP contribution in [-0.4, -0.2) is 50.0 Å². The van der Waals surface area contributed by atoms with E-state index in [0.717, 1.165) is 0 Å². The second kappa shape index (κ2) is 7.21. The molecule has 2 aliphatic heterocycles. The van der Waals surface area contributed by atoms with E-state index in [0.29, 0.717) is 18.8 Å². The molecule has 0 unspecified atom stereocenters. The van der Waals surface area contributed by atoms with Crippen LogP contribution in [0.4, 0.5) is 5.82 Å². The van der Waals surface area contributed by atoms with E-state index in [4.69, 9.17) is 18.6 Å². The van der Waals surface area contributed by atoms with Gasteiger partial charge in [0.25, 0.3) is 0 Å². The van der Waals surface area contributed by atoms with Crippen molar-refractivity contribution in [3.63, 3.8) is 0 Å². The average Bonchev–Trinajstić information content (AvgIpc) is 3.15. The summed E-state index contributed by atoms with van der Waals surface area (Å²) in [6, 6.07) is 0. The average molecular weight is 413 g/mol. The third-order valence-corrected chi connectivity index (χ3v) is 10.4. The van der Waals surface area contributed by atoms with Crippen LogP contribution in [0.15, 0.2) is 12.5 Å². The maximum atomic E-state index is 11.0. The van der Waals surface area contributed by atoms with E-state index in [1.54, 1.807) is 0 Å². The molecule has 0 aromatic carbocycles. The third kappa shape index (κ3) is 4.04. The van der Waals surface area contributed by atoms with Crippen LogP contribution < -0.4 is 9.88 Å². The van der Waals surface area contributed by atoms with Gasteiger partial charge in [0, 0.05) is 0 Å². The number of anilines is 1. The molecule has 0 aliphatic carbocycles. The summed E-state index contributed by atoms with van der Waals surface area (Å²) in [7, 11) is -0.0231. The highest BCUT2D eigenvalue weighted by atomic mass is 28.4. The largest absolute Gasteiger partial charge is 0.414 e. The first-order valence-corrected chi connectivity index (χ1v) is 12.7. The van der Waals surface area contributed by atoms with Gasteiger partial charge in [0.15, 0.2) is 26.4 Å². The van der Waals surface area contributed by atoms with Gasteiger partial charge >= 0.3 is 0 Å². The lowest BCUT2D eigenvalue weighted by molar-refractivity contribution is -0.671. The summed E-state index contributed by atoms with van der Waals surface area (Å²) in [6.45, 7) is 15.4. The lowest BCUT2D eigenvalue weighted by Gasteiger charge is -2.37. The Kier molecular flexibility index (Phi) is 5.52. The van der Waals surface area contributed by atoms with E-state index in [1.165, 1.54) is 0 Å². The van der Waals surface area contributed by atoms with Gasteiger partial charge in [-0.15, -0.1) is 0 Å². The number of aromatic nitrogens is 2. The van der Waals surface area contributed by atoms with Gasteiger partial charge in [-0.1, -0.05) is 20.8 Å². The fourth-order valence-corrected chi connectivity index (χ4v) is 4.46. The number of rotatable bonds is 6. The van der Waals surface area contributed by atoms with E-state index in [1.807, 2.05) is 42.6 Å². The third-order valence-electron chi connectivity index (χ3n) is 5.93. The minimum absolute atomic E-state index is 0.117. The Labute approximate surface area is 168 Å². The van der Waals surface area contributed by atoms with Crippen LogP contribution in [0.2, 0.25) is 18.1 Å². The quantitative estimate of drug-likeness (QED) is 0.441. The highest BCUT2D eigenvalue weighted by molar-refractivity contribution is 6.74. The number of amides is 1. The van der Waals surface area contributed by atoms with E-state index in [-0.39, 0.29) is 23.4 Å². The number of ether oxygens (including phenoxy) is 3. The molecule has 2 fully saturated rings. The molecule has 4 atom stereocenters. The van der Waals surface area contributed by atoms with Gasteiger partial charge < -0.3 is 18.6 Å². The molecule has 0 saturated carbocycles. The number of nitrogens with one attached hydrogen (secondary N) is 1. The smallest absolute Gasteiger partial charge is 0.247 e. The first kappa shape index (κ1) is 21.4. The molecule has 3 heterocycles. The zero-order valence-corrected chi connectivity index (χ0v) is 19.2. The molecule has 0 bridgehead atoms. The van der Waals surface area contributed by atoms with Gasteiger partial charge in [0.2, 0.25) is 24.8 Å². The molecule has 1 aromatic rings. The van der Waals surface area contributed by atoms with Crippen LogP contribution in [0.3, 0.4) is 0 Å². The predicted molar refractivity (Wildman–Crippen MR) is 106 cm³/mol. The van der Waals surface area contributed by atoms with Crippen LogP contribution in [0.25, 0.3) is 0 Å². The number of carbonyl (C=O) groups is 1. The molecule has 8 nitrogen and oxygen atoms in total. The molecule has 158 valence electrons. The molecule has 1 aromatic heterocycles. The van der Waals surface area contributed by atoms with Crippen LogP contribution in [0, 0.1) is 0 Å². The Morgan fingerprint density at radius 3 is 2.57 bits per heavy atom. The molecule has 2 saturated heterocycles. The topological polar surface area (TPSA) is 74.8 Å². The normalized spacial score (nSPS) is 29.7. The summed E-state index contributed by atoms with van der Waals surface area (Å²) in [5.74, 6) is -0.0549. The Hall–Kier alpha value is -1.26. The number of carbonyl (C=O) groups excluding carboxylic acids is 1. The molecule has 3 rings (SSSR count). The van der Waals surface area contributed by atoms with Crippen molar-refractivity contribution in [2.24, 2.45) is 7.05 Å². The molecule has 28 heavy (non-hydrogen) atoms. The Morgan fingerprint density at radius 2 is 1.96 bits per heavy atom. The second-order valence-corrected chi connectivity index (χ2v) is 14.5. The van der Waals surface area contributed by atoms with Gasteiger partial charge in [-0.05, 0) is 32.0 Å². The van der Waals surface area contributed by atoms with Crippen molar-refractivity contribution in [1.29, 1.82) is 0 Å². The van der Waals surface area contributed by atoms with E-state index < -0.39 is 20.3 Å². The maximum Gasteiger partial charge on any atom is 0.247 e. The van der Waals surface area contributed by atoms with Crippen molar-refractivity contribution in [2.45, 2.75) is 83.1 Å². The minimum atomic E-state index is -1.92. The summed E-state index contributed by atoms with van der Waals surface area (Å²) in [6.07, 6.45) is 3.17. The fraction of sp³-hybridized carbons (Fsp3) is 0.789. The number of nitrogens with zero attached hydrogens (tertiary/aromatic N) is 2. The number of fused-ring (bicyclic) bond motifs is 1. The first-order chi connectivity index (χ1) is 12.8. The van der Waals surface area contributed by atoms with Crippen LogP contribution >= 0.6 is 0 Å². The Morgan fingerprint density at radius 1 is 1.32 bits per heavy atom. The lowest BCUT2D eigenvalue weighted by Crippen LogP contribution is -2.44. The summed E-state index contributed by atoms with van der Waals surface area (Å²) in [5, 5.41) is 2.84. The van der Waals surface area contributed by atoms with Gasteiger partial charge in [0.05, 0.1) is 13.7 Å². The minimum Gasteiger partial charge on any atom is -0.414 e. The van der Waals surface area contributed by atoms with Crippen molar-refractivity contribution in [1.82, 2.24) is 4.57 Å². The zero-order chi connectivity index (χ0) is 20.9. The highest BCUT2D eigenvalue weighted by Gasteiger charge is 2.58. The van der Waals surface area contributed by atoms with Gasteiger partial charge in [-0.3, -0.25) is 10.1 Å². The summed E-state index contributed by atoms with van der Waals surface area (Å²) < 4.78 is 28.9. The molecular weight excluding hydrogens is 378 g/mol. The zero-order valence-electron chi connectivity index (χ0n) is 18.2. The standard InChI is InChI=1S/C19H33N3O5Si/c1-18(2,3)28(7,8)24-10-13-15-16(27-19(4,5)26-15)17(25-13)22-12-21(6)9-14(22)20-11-23/h9,11-13,15-17H,10H2,1-8H3/p+1/t13-,15-,16-,17-/m1/s1. The number of imidazole rings is 1. The molecule has 0 radical (unpaired) electrons. The van der Waals surface area contributed by atoms with E-state index in [2.05, 4.69) is 39.2 Å². The van der Waals surface area contributed by atoms with Crippen molar-refractivity contribution < 1.29 is 28.0 Å². The first-order valence-electron chi connectivity index (χ1n) is 9.77. The van der Waals surface area contributed by atoms with Gasteiger partial charge in [-0.2, -0.15) is 4.57 Å². The lowest BCUT2D eigenvalue weighted by atomic mass is 10.1. The maximum absolute atomic E-state index is 11.0. The van der Waals surface area contributed by atoms with Crippen molar-refractivity contribution in [3.05, 3.63) is 12.5 Å². The Balaban J connectivity index is 1.84. The summed E-state index contributed by atoms with van der Waals surface area (Å²) in [5.41, 5.74) is 0. The molecule has 9 heteroatoms. The molecule has 2 aliphatic rings. The van der Waals surface area contributed by atoms with Crippen molar-refractivity contribution in [2.75, 3.05) is 11.9 Å². The summed E-state index contributed by atoms with van der Waals surface area (Å²) in [4.78, 5) is 11.0. The van der Waals surface area contributed by atoms with Gasteiger partial charge in [0.1, 0.15) is 12.2 Å². The van der Waals surface area contributed by atoms with Crippen molar-refractivity contribution >= 4 is 20.5 Å². The van der Waals surface area contributed by atoms with Gasteiger partial charge in [-0.25, -0.2) is 4.57 Å². The monoisotopic (exact) mass is 412 g/mol. The van der Waals surface area contributed by atoms with Crippen LogP contribution in [0.5, 0.6) is 0 Å². The SMILES string of the molecule is C[n+]1cc(NC=O)n([C@@H]2O[C@H](CO[Si](C)(C)C(C)(C)C)[C@H]3OC(C)(C)O[C@H]32)c1. The molecular formula is C19H34N3O5Si+. The molecule has 1 N–H and O–H groups in total. The van der Waals surface area contributed by atoms with E-state index >= 15 is 0 Å². The second-order valence-electron chi connectivity index (χ2n) is 9.67. The van der Waals surface area contributed by atoms with E-state index in [9.17, 15) is 4.79 Å². The van der Waals surface area contributed by atoms with Crippen LogP contribution in [-0.2, 0) is 30.5 Å². The number of aryl methyl sites for hydroxylation is 1.